The first kappa shape index (κ1) is 23.9. The van der Waals surface area contributed by atoms with Gasteiger partial charge in [-0.05, 0) is 29.7 Å². The molecule has 0 aliphatic rings. The summed E-state index contributed by atoms with van der Waals surface area (Å²) in [6.45, 7) is 3.24. The first-order valence-electron chi connectivity index (χ1n) is 12.8. The molecule has 0 saturated heterocycles. The summed E-state index contributed by atoms with van der Waals surface area (Å²) < 4.78 is 6.02. The second-order valence-electron chi connectivity index (χ2n) is 8.98. The van der Waals surface area contributed by atoms with Crippen molar-refractivity contribution in [2.45, 2.75) is 45.4 Å². The van der Waals surface area contributed by atoms with Crippen LogP contribution in [0.1, 0.15) is 45.4 Å². The fourth-order valence-electron chi connectivity index (χ4n) is 4.66. The molecule has 0 fully saturated rings. The number of hydrogen-bond acceptors (Lipinski definition) is 1. The molecular weight excluding hydrogens is 411 g/mol. The summed E-state index contributed by atoms with van der Waals surface area (Å²) in [5, 5.41) is 0. The van der Waals surface area contributed by atoms with Crippen LogP contribution in [0.2, 0.25) is 0 Å². The zero-order valence-corrected chi connectivity index (χ0v) is 20.3. The quantitative estimate of drug-likeness (QED) is 0.176. The highest BCUT2D eigenvalue weighted by molar-refractivity contribution is 6.96. The van der Waals surface area contributed by atoms with E-state index >= 15 is 0 Å². The Bertz CT molecular complexity index is 1070. The number of ether oxygens (including phenoxy) is 1. The Kier molecular flexibility index (Phi) is 9.02. The Morgan fingerprint density at radius 1 is 0.559 bits per heavy atom. The molecule has 0 aliphatic heterocycles. The zero-order valence-electron chi connectivity index (χ0n) is 20.3. The van der Waals surface area contributed by atoms with Crippen LogP contribution in [0.4, 0.5) is 0 Å². The molecule has 2 heteroatoms. The maximum absolute atomic E-state index is 6.02. The molecule has 4 rings (SSSR count). The molecule has 0 atom stereocenters. The Morgan fingerprint density at radius 2 is 1.12 bits per heavy atom. The smallest absolute Gasteiger partial charge is 0.241 e. The van der Waals surface area contributed by atoms with Gasteiger partial charge in [0, 0.05) is 0 Å². The van der Waals surface area contributed by atoms with Gasteiger partial charge in [-0.15, -0.1) is 0 Å². The highest BCUT2D eigenvalue weighted by atomic mass is 16.5. The molecule has 172 valence electrons. The zero-order chi connectivity index (χ0) is 23.4. The lowest BCUT2D eigenvalue weighted by atomic mass is 9.36. The molecule has 0 N–H and O–H groups in total. The SMILES string of the molecule is CCCCCCCCOc1ccc(-c2ccccc2B(c2ccccc2)c2ccccc2)cc1. The summed E-state index contributed by atoms with van der Waals surface area (Å²) in [5.41, 5.74) is 6.42. The standard InChI is InChI=1S/C32H35BO/c1-2-3-4-5-6-15-26-34-30-24-22-27(23-25-30)31-20-13-14-21-32(31)33(28-16-9-7-10-17-28)29-18-11-8-12-19-29/h7-14,16-25H,2-6,15,26H2,1H3. The van der Waals surface area contributed by atoms with Crippen molar-refractivity contribution in [3.05, 3.63) is 109 Å². The lowest BCUT2D eigenvalue weighted by Gasteiger charge is -2.19. The number of rotatable bonds is 12. The normalized spacial score (nSPS) is 10.7. The lowest BCUT2D eigenvalue weighted by Crippen LogP contribution is -2.52. The van der Waals surface area contributed by atoms with Gasteiger partial charge in [0.2, 0.25) is 6.71 Å². The van der Waals surface area contributed by atoms with E-state index in [4.69, 9.17) is 4.74 Å². The van der Waals surface area contributed by atoms with Crippen LogP contribution < -0.4 is 21.1 Å². The molecule has 0 amide bonds. The summed E-state index contributed by atoms with van der Waals surface area (Å²) in [4.78, 5) is 0. The van der Waals surface area contributed by atoms with Crippen molar-refractivity contribution < 1.29 is 4.74 Å². The molecule has 0 radical (unpaired) electrons. The van der Waals surface area contributed by atoms with E-state index in [9.17, 15) is 0 Å². The second-order valence-corrected chi connectivity index (χ2v) is 8.98. The Hall–Kier alpha value is -3.26. The highest BCUT2D eigenvalue weighted by Gasteiger charge is 2.24. The van der Waals surface area contributed by atoms with Crippen molar-refractivity contribution in [2.75, 3.05) is 6.61 Å². The van der Waals surface area contributed by atoms with Gasteiger partial charge in [0.15, 0.2) is 0 Å². The van der Waals surface area contributed by atoms with E-state index < -0.39 is 0 Å². The Balaban J connectivity index is 1.52. The minimum Gasteiger partial charge on any atom is -0.494 e. The molecule has 0 saturated carbocycles. The third-order valence-corrected chi connectivity index (χ3v) is 6.47. The van der Waals surface area contributed by atoms with Crippen LogP contribution in [0.5, 0.6) is 5.75 Å². The molecule has 0 unspecified atom stereocenters. The van der Waals surface area contributed by atoms with E-state index in [0.717, 1.165) is 18.8 Å². The van der Waals surface area contributed by atoms with E-state index in [1.807, 2.05) is 0 Å². The van der Waals surface area contributed by atoms with Gasteiger partial charge in [0.25, 0.3) is 0 Å². The molecule has 0 heterocycles. The summed E-state index contributed by atoms with van der Waals surface area (Å²) >= 11 is 0. The molecule has 0 aromatic heterocycles. The number of benzene rings is 4. The van der Waals surface area contributed by atoms with Gasteiger partial charge in [-0.3, -0.25) is 0 Å². The lowest BCUT2D eigenvalue weighted by molar-refractivity contribution is 0.304. The van der Waals surface area contributed by atoms with Crippen molar-refractivity contribution in [2.24, 2.45) is 0 Å². The third kappa shape index (κ3) is 6.41. The van der Waals surface area contributed by atoms with Gasteiger partial charge in [-0.1, -0.05) is 152 Å². The Labute approximate surface area is 205 Å². The van der Waals surface area contributed by atoms with E-state index in [1.165, 1.54) is 59.6 Å². The molecule has 4 aromatic carbocycles. The first-order chi connectivity index (χ1) is 16.9. The number of hydrogen-bond donors (Lipinski definition) is 0. The van der Waals surface area contributed by atoms with Crippen LogP contribution in [0.3, 0.4) is 0 Å². The fourth-order valence-corrected chi connectivity index (χ4v) is 4.66. The molecule has 0 spiro atoms. The minimum atomic E-state index is 0.183. The summed E-state index contributed by atoms with van der Waals surface area (Å²) in [6, 6.07) is 39.0. The molecule has 0 aliphatic carbocycles. The predicted molar refractivity (Wildman–Crippen MR) is 148 cm³/mol. The highest BCUT2D eigenvalue weighted by Crippen LogP contribution is 2.22. The van der Waals surface area contributed by atoms with Crippen LogP contribution >= 0.6 is 0 Å². The van der Waals surface area contributed by atoms with E-state index in [0.29, 0.717) is 0 Å². The molecule has 34 heavy (non-hydrogen) atoms. The van der Waals surface area contributed by atoms with Crippen molar-refractivity contribution in [3.63, 3.8) is 0 Å². The van der Waals surface area contributed by atoms with Crippen molar-refractivity contribution in [1.82, 2.24) is 0 Å². The molecule has 1 nitrogen and oxygen atoms in total. The van der Waals surface area contributed by atoms with Gasteiger partial charge in [0.05, 0.1) is 6.61 Å². The predicted octanol–water partition coefficient (Wildman–Crippen LogP) is 6.61. The van der Waals surface area contributed by atoms with Crippen LogP contribution in [0, 0.1) is 0 Å². The third-order valence-electron chi connectivity index (χ3n) is 6.47. The Morgan fingerprint density at radius 3 is 1.76 bits per heavy atom. The minimum absolute atomic E-state index is 0.183. The van der Waals surface area contributed by atoms with Crippen LogP contribution in [-0.4, -0.2) is 13.3 Å². The largest absolute Gasteiger partial charge is 0.494 e. The maximum Gasteiger partial charge on any atom is 0.241 e. The van der Waals surface area contributed by atoms with Gasteiger partial charge in [-0.25, -0.2) is 0 Å². The average Bonchev–Trinajstić information content (AvgIpc) is 2.90. The van der Waals surface area contributed by atoms with Crippen molar-refractivity contribution >= 4 is 23.1 Å². The van der Waals surface area contributed by atoms with Crippen molar-refractivity contribution in [3.8, 4) is 16.9 Å². The first-order valence-corrected chi connectivity index (χ1v) is 12.8. The topological polar surface area (TPSA) is 9.23 Å². The van der Waals surface area contributed by atoms with Gasteiger partial charge < -0.3 is 4.74 Å². The fraction of sp³-hybridized carbons (Fsp3) is 0.250. The molecule has 4 aromatic rings. The summed E-state index contributed by atoms with van der Waals surface area (Å²) in [5.74, 6) is 0.956. The van der Waals surface area contributed by atoms with E-state index in [-0.39, 0.29) is 6.71 Å². The molecule has 0 bridgehead atoms. The van der Waals surface area contributed by atoms with Crippen LogP contribution in [-0.2, 0) is 0 Å². The van der Waals surface area contributed by atoms with Crippen molar-refractivity contribution in [1.29, 1.82) is 0 Å². The van der Waals surface area contributed by atoms with E-state index in [1.54, 1.807) is 0 Å². The second kappa shape index (κ2) is 12.8. The van der Waals surface area contributed by atoms with Gasteiger partial charge in [-0.2, -0.15) is 0 Å². The van der Waals surface area contributed by atoms with Crippen LogP contribution in [0.15, 0.2) is 109 Å². The van der Waals surface area contributed by atoms with Crippen LogP contribution in [0.25, 0.3) is 11.1 Å². The summed E-state index contributed by atoms with van der Waals surface area (Å²) in [6.07, 6.45) is 7.69. The summed E-state index contributed by atoms with van der Waals surface area (Å²) in [7, 11) is 0. The average molecular weight is 446 g/mol. The van der Waals surface area contributed by atoms with Gasteiger partial charge >= 0.3 is 0 Å². The monoisotopic (exact) mass is 446 g/mol. The number of unbranched alkanes of at least 4 members (excludes halogenated alkanes) is 5. The molecular formula is C32H35BO. The maximum atomic E-state index is 6.02. The van der Waals surface area contributed by atoms with E-state index in [2.05, 4.69) is 116 Å². The van der Waals surface area contributed by atoms with Gasteiger partial charge in [0.1, 0.15) is 5.75 Å².